The molecule has 0 saturated carbocycles. The van der Waals surface area contributed by atoms with Crippen LogP contribution >= 0.6 is 0 Å². The zero-order valence-electron chi connectivity index (χ0n) is 15.1. The molecule has 1 aromatic heterocycles. The van der Waals surface area contributed by atoms with Crippen molar-refractivity contribution >= 4 is 5.91 Å². The molecule has 0 aromatic carbocycles. The van der Waals surface area contributed by atoms with Crippen molar-refractivity contribution in [2.24, 2.45) is 5.41 Å². The summed E-state index contributed by atoms with van der Waals surface area (Å²) in [4.78, 5) is 12.4. The van der Waals surface area contributed by atoms with Crippen molar-refractivity contribution in [1.29, 1.82) is 0 Å². The van der Waals surface area contributed by atoms with E-state index >= 15 is 0 Å². The van der Waals surface area contributed by atoms with Crippen LogP contribution in [0.1, 0.15) is 89.9 Å². The monoisotopic (exact) mass is 308 g/mol. The summed E-state index contributed by atoms with van der Waals surface area (Å²) in [6.07, 6.45) is 6.54. The SMILES string of the molecule is CCCCCC(C)(CC)C(C)(C)NC(=O)c1cc(CC)on1. The van der Waals surface area contributed by atoms with Gasteiger partial charge in [0.1, 0.15) is 5.76 Å². The fraction of sp³-hybridized carbons (Fsp3) is 0.778. The number of hydrogen-bond donors (Lipinski definition) is 1. The quantitative estimate of drug-likeness (QED) is 0.670. The van der Waals surface area contributed by atoms with Crippen molar-refractivity contribution in [1.82, 2.24) is 10.5 Å². The molecule has 4 heteroatoms. The molecule has 1 rings (SSSR count). The minimum Gasteiger partial charge on any atom is -0.361 e. The number of carbonyl (C=O) groups is 1. The first-order chi connectivity index (χ1) is 10.3. The van der Waals surface area contributed by atoms with Crippen molar-refractivity contribution < 1.29 is 9.32 Å². The van der Waals surface area contributed by atoms with Crippen LogP contribution in [0.3, 0.4) is 0 Å². The molecule has 1 amide bonds. The highest BCUT2D eigenvalue weighted by Gasteiger charge is 2.40. The summed E-state index contributed by atoms with van der Waals surface area (Å²) >= 11 is 0. The summed E-state index contributed by atoms with van der Waals surface area (Å²) < 4.78 is 5.13. The van der Waals surface area contributed by atoms with E-state index in [1.165, 1.54) is 19.3 Å². The summed E-state index contributed by atoms with van der Waals surface area (Å²) in [6.45, 7) is 12.9. The molecule has 4 nitrogen and oxygen atoms in total. The summed E-state index contributed by atoms with van der Waals surface area (Å²) in [5.74, 6) is 0.591. The Morgan fingerprint density at radius 3 is 2.41 bits per heavy atom. The highest BCUT2D eigenvalue weighted by atomic mass is 16.5. The van der Waals surface area contributed by atoms with Crippen LogP contribution in [0.5, 0.6) is 0 Å². The van der Waals surface area contributed by atoms with E-state index in [9.17, 15) is 4.79 Å². The molecule has 1 heterocycles. The van der Waals surface area contributed by atoms with Crippen LogP contribution < -0.4 is 5.32 Å². The number of rotatable bonds is 9. The van der Waals surface area contributed by atoms with Gasteiger partial charge < -0.3 is 9.84 Å². The number of carbonyl (C=O) groups excluding carboxylic acids is 1. The highest BCUT2D eigenvalue weighted by molar-refractivity contribution is 5.92. The first kappa shape index (κ1) is 18.7. The van der Waals surface area contributed by atoms with E-state index in [-0.39, 0.29) is 16.9 Å². The number of nitrogens with zero attached hydrogens (tertiary/aromatic N) is 1. The third kappa shape index (κ3) is 4.34. The molecular formula is C18H32N2O2. The van der Waals surface area contributed by atoms with Gasteiger partial charge in [-0.25, -0.2) is 0 Å². The molecule has 1 atom stereocenters. The summed E-state index contributed by atoms with van der Waals surface area (Å²) in [5.41, 5.74) is 0.143. The Bertz CT molecular complexity index is 479. The number of hydrogen-bond acceptors (Lipinski definition) is 3. The Morgan fingerprint density at radius 1 is 1.23 bits per heavy atom. The van der Waals surface area contributed by atoms with E-state index in [1.807, 2.05) is 6.92 Å². The summed E-state index contributed by atoms with van der Waals surface area (Å²) in [5, 5.41) is 7.03. The molecule has 22 heavy (non-hydrogen) atoms. The van der Waals surface area contributed by atoms with Gasteiger partial charge in [0.2, 0.25) is 0 Å². The second-order valence-corrected chi connectivity index (χ2v) is 6.98. The van der Waals surface area contributed by atoms with Crippen molar-refractivity contribution in [3.8, 4) is 0 Å². The molecule has 1 aromatic rings. The molecule has 1 unspecified atom stereocenters. The fourth-order valence-corrected chi connectivity index (χ4v) is 2.78. The molecule has 126 valence electrons. The average molecular weight is 308 g/mol. The summed E-state index contributed by atoms with van der Waals surface area (Å²) in [6, 6.07) is 1.73. The highest BCUT2D eigenvalue weighted by Crippen LogP contribution is 2.39. The van der Waals surface area contributed by atoms with Crippen LogP contribution in [0, 0.1) is 5.41 Å². The van der Waals surface area contributed by atoms with E-state index in [0.717, 1.165) is 25.0 Å². The van der Waals surface area contributed by atoms with Crippen molar-refractivity contribution in [3.05, 3.63) is 17.5 Å². The number of nitrogens with one attached hydrogen (secondary N) is 1. The number of unbranched alkanes of at least 4 members (excludes halogenated alkanes) is 2. The van der Waals surface area contributed by atoms with Gasteiger partial charge in [-0.2, -0.15) is 0 Å². The van der Waals surface area contributed by atoms with Gasteiger partial charge >= 0.3 is 0 Å². The number of amides is 1. The van der Waals surface area contributed by atoms with Gasteiger partial charge in [-0.1, -0.05) is 52.1 Å². The standard InChI is InChI=1S/C18H32N2O2/c1-7-10-11-12-18(6,9-3)17(4,5)19-16(21)15-13-14(8-2)22-20-15/h13H,7-12H2,1-6H3,(H,19,21). The van der Waals surface area contributed by atoms with Crippen LogP contribution in [-0.2, 0) is 6.42 Å². The minimum absolute atomic E-state index is 0.0646. The number of aromatic nitrogens is 1. The Morgan fingerprint density at radius 2 is 1.91 bits per heavy atom. The molecule has 0 aliphatic rings. The maximum Gasteiger partial charge on any atom is 0.273 e. The third-order valence-corrected chi connectivity index (χ3v) is 5.19. The van der Waals surface area contributed by atoms with E-state index in [2.05, 4.69) is 45.1 Å². The predicted octanol–water partition coefficient (Wildman–Crippen LogP) is 4.74. The first-order valence-corrected chi connectivity index (χ1v) is 8.57. The largest absolute Gasteiger partial charge is 0.361 e. The van der Waals surface area contributed by atoms with Crippen LogP contribution in [0.15, 0.2) is 10.6 Å². The molecule has 0 bridgehead atoms. The lowest BCUT2D eigenvalue weighted by molar-refractivity contribution is 0.0716. The van der Waals surface area contributed by atoms with Gasteiger partial charge in [0, 0.05) is 18.0 Å². The van der Waals surface area contributed by atoms with Crippen molar-refractivity contribution in [3.63, 3.8) is 0 Å². The lowest BCUT2D eigenvalue weighted by Gasteiger charge is -2.44. The molecular weight excluding hydrogens is 276 g/mol. The fourth-order valence-electron chi connectivity index (χ4n) is 2.78. The zero-order chi connectivity index (χ0) is 16.8. The van der Waals surface area contributed by atoms with Gasteiger partial charge in [-0.05, 0) is 32.1 Å². The van der Waals surface area contributed by atoms with Gasteiger partial charge in [0.25, 0.3) is 5.91 Å². The summed E-state index contributed by atoms with van der Waals surface area (Å²) in [7, 11) is 0. The molecule has 0 aliphatic carbocycles. The molecule has 0 aliphatic heterocycles. The lowest BCUT2D eigenvalue weighted by atomic mass is 9.68. The molecule has 0 fully saturated rings. The zero-order valence-corrected chi connectivity index (χ0v) is 15.1. The van der Waals surface area contributed by atoms with E-state index < -0.39 is 0 Å². The normalized spacial score (nSPS) is 14.6. The van der Waals surface area contributed by atoms with E-state index in [0.29, 0.717) is 5.69 Å². The maximum atomic E-state index is 12.4. The lowest BCUT2D eigenvalue weighted by Crippen LogP contribution is -2.54. The van der Waals surface area contributed by atoms with Gasteiger partial charge in [0.15, 0.2) is 5.69 Å². The Balaban J connectivity index is 2.79. The first-order valence-electron chi connectivity index (χ1n) is 8.57. The van der Waals surface area contributed by atoms with Crippen LogP contribution in [0.2, 0.25) is 0 Å². The molecule has 0 saturated heterocycles. The van der Waals surface area contributed by atoms with Crippen molar-refractivity contribution in [2.45, 2.75) is 85.6 Å². The topological polar surface area (TPSA) is 55.1 Å². The maximum absolute atomic E-state index is 12.4. The minimum atomic E-state index is -0.294. The smallest absolute Gasteiger partial charge is 0.273 e. The Kier molecular flexibility index (Phi) is 6.64. The van der Waals surface area contributed by atoms with Gasteiger partial charge in [0.05, 0.1) is 0 Å². The Hall–Kier alpha value is -1.32. The van der Waals surface area contributed by atoms with E-state index in [1.54, 1.807) is 6.07 Å². The van der Waals surface area contributed by atoms with Gasteiger partial charge in [-0.15, -0.1) is 0 Å². The molecule has 0 spiro atoms. The molecule has 1 N–H and O–H groups in total. The molecule has 0 radical (unpaired) electrons. The second-order valence-electron chi connectivity index (χ2n) is 6.98. The van der Waals surface area contributed by atoms with Crippen LogP contribution in [0.25, 0.3) is 0 Å². The van der Waals surface area contributed by atoms with E-state index in [4.69, 9.17) is 4.52 Å². The van der Waals surface area contributed by atoms with Gasteiger partial charge in [-0.3, -0.25) is 4.79 Å². The Labute approximate surface area is 135 Å². The predicted molar refractivity (Wildman–Crippen MR) is 90.0 cm³/mol. The average Bonchev–Trinajstić information content (AvgIpc) is 2.95. The second kappa shape index (κ2) is 7.80. The van der Waals surface area contributed by atoms with Crippen LogP contribution in [-0.4, -0.2) is 16.6 Å². The van der Waals surface area contributed by atoms with Crippen molar-refractivity contribution in [2.75, 3.05) is 0 Å². The third-order valence-electron chi connectivity index (χ3n) is 5.19. The van der Waals surface area contributed by atoms with Crippen LogP contribution in [0.4, 0.5) is 0 Å². The number of aryl methyl sites for hydroxylation is 1.